The van der Waals surface area contributed by atoms with E-state index in [-0.39, 0.29) is 24.5 Å². The number of aromatic nitrogens is 1. The topological polar surface area (TPSA) is 92.2 Å². The highest BCUT2D eigenvalue weighted by Crippen LogP contribution is 2.42. The molecule has 1 aliphatic carbocycles. The second-order valence-electron chi connectivity index (χ2n) is 8.40. The largest absolute Gasteiger partial charge is 0.466 e. The molecule has 2 aromatic carbocycles. The Morgan fingerprint density at radius 2 is 1.84 bits per heavy atom. The minimum atomic E-state index is -0.214. The monoisotopic (exact) mass is 424 g/mol. The Hall–Kier alpha value is -3.69. The van der Waals surface area contributed by atoms with Crippen LogP contribution in [0, 0.1) is 11.3 Å². The smallest absolute Gasteiger partial charge is 0.265 e. The molecule has 160 valence electrons. The first-order valence-corrected chi connectivity index (χ1v) is 10.9. The van der Waals surface area contributed by atoms with Gasteiger partial charge < -0.3 is 15.4 Å². The van der Waals surface area contributed by atoms with Gasteiger partial charge in [0, 0.05) is 23.2 Å². The zero-order valence-electron chi connectivity index (χ0n) is 17.8. The second-order valence-corrected chi connectivity index (χ2v) is 8.40. The van der Waals surface area contributed by atoms with Gasteiger partial charge in [0.05, 0.1) is 18.2 Å². The molecule has 1 amide bonds. The first kappa shape index (κ1) is 20.2. The lowest BCUT2D eigenvalue weighted by atomic mass is 9.72. The number of nitrogens with zero attached hydrogens (tertiary/aromatic N) is 3. The summed E-state index contributed by atoms with van der Waals surface area (Å²) in [4.78, 5) is 18.9. The highest BCUT2D eigenvalue weighted by atomic mass is 16.5. The maximum absolute atomic E-state index is 12.5. The minimum absolute atomic E-state index is 0.0792. The van der Waals surface area contributed by atoms with Crippen molar-refractivity contribution in [3.63, 3.8) is 0 Å². The SMILES string of the molecule is N#CCCN1C(=O)COc2nc(-c3ccc(C4(N)CCC4)cc3)c(-c3ccccc3)cc21. The lowest BCUT2D eigenvalue weighted by Crippen LogP contribution is -2.43. The summed E-state index contributed by atoms with van der Waals surface area (Å²) in [5.74, 6) is 0.245. The summed E-state index contributed by atoms with van der Waals surface area (Å²) in [7, 11) is 0. The van der Waals surface area contributed by atoms with E-state index in [0.717, 1.165) is 40.8 Å². The lowest BCUT2D eigenvalue weighted by Gasteiger charge is -2.38. The van der Waals surface area contributed by atoms with Gasteiger partial charge >= 0.3 is 0 Å². The van der Waals surface area contributed by atoms with Crippen molar-refractivity contribution in [3.05, 3.63) is 66.2 Å². The summed E-state index contributed by atoms with van der Waals surface area (Å²) in [6.07, 6.45) is 3.44. The highest BCUT2D eigenvalue weighted by Gasteiger charge is 2.34. The Balaban J connectivity index is 1.62. The fourth-order valence-corrected chi connectivity index (χ4v) is 4.40. The first-order valence-electron chi connectivity index (χ1n) is 10.9. The Morgan fingerprint density at radius 3 is 2.50 bits per heavy atom. The molecule has 6 heteroatoms. The molecule has 6 nitrogen and oxygen atoms in total. The van der Waals surface area contributed by atoms with Gasteiger partial charge in [-0.15, -0.1) is 0 Å². The van der Waals surface area contributed by atoms with Gasteiger partial charge in [0.25, 0.3) is 5.91 Å². The molecule has 1 aliphatic heterocycles. The number of carbonyl (C=O) groups is 1. The fourth-order valence-electron chi connectivity index (χ4n) is 4.40. The van der Waals surface area contributed by atoms with Crippen LogP contribution in [0.4, 0.5) is 5.69 Å². The van der Waals surface area contributed by atoms with Crippen LogP contribution in [0.15, 0.2) is 60.7 Å². The summed E-state index contributed by atoms with van der Waals surface area (Å²) >= 11 is 0. The van der Waals surface area contributed by atoms with Gasteiger partial charge in [0.1, 0.15) is 5.69 Å². The Labute approximate surface area is 187 Å². The van der Waals surface area contributed by atoms with Crippen molar-refractivity contribution >= 4 is 11.6 Å². The van der Waals surface area contributed by atoms with Gasteiger partial charge in [-0.2, -0.15) is 5.26 Å². The molecule has 0 atom stereocenters. The fraction of sp³-hybridized carbons (Fsp3) is 0.269. The Morgan fingerprint density at radius 1 is 1.09 bits per heavy atom. The van der Waals surface area contributed by atoms with Crippen molar-refractivity contribution in [2.75, 3.05) is 18.1 Å². The number of fused-ring (bicyclic) bond motifs is 1. The van der Waals surface area contributed by atoms with E-state index in [4.69, 9.17) is 20.7 Å². The van der Waals surface area contributed by atoms with Crippen LogP contribution in [-0.4, -0.2) is 24.0 Å². The van der Waals surface area contributed by atoms with E-state index in [9.17, 15) is 4.79 Å². The predicted molar refractivity (Wildman–Crippen MR) is 123 cm³/mol. The predicted octanol–water partition coefficient (Wildman–Crippen LogP) is 4.39. The van der Waals surface area contributed by atoms with Gasteiger partial charge in [-0.3, -0.25) is 4.79 Å². The maximum atomic E-state index is 12.5. The van der Waals surface area contributed by atoms with E-state index in [1.165, 1.54) is 6.42 Å². The number of nitriles is 1. The van der Waals surface area contributed by atoms with Crippen LogP contribution >= 0.6 is 0 Å². The molecule has 1 fully saturated rings. The molecule has 0 radical (unpaired) electrons. The normalized spacial score (nSPS) is 16.5. The van der Waals surface area contributed by atoms with Crippen molar-refractivity contribution in [2.45, 2.75) is 31.2 Å². The second kappa shape index (κ2) is 8.10. The molecule has 1 saturated carbocycles. The average molecular weight is 425 g/mol. The van der Waals surface area contributed by atoms with Crippen LogP contribution in [0.1, 0.15) is 31.2 Å². The molecule has 0 spiro atoms. The van der Waals surface area contributed by atoms with Gasteiger partial charge in [0.2, 0.25) is 5.88 Å². The summed E-state index contributed by atoms with van der Waals surface area (Å²) in [6, 6.07) is 22.3. The molecule has 2 heterocycles. The van der Waals surface area contributed by atoms with Crippen molar-refractivity contribution < 1.29 is 9.53 Å². The molecule has 5 rings (SSSR count). The molecule has 3 aromatic rings. The average Bonchev–Trinajstić information content (AvgIpc) is 2.82. The third-order valence-electron chi connectivity index (χ3n) is 6.40. The van der Waals surface area contributed by atoms with Crippen LogP contribution < -0.4 is 15.4 Å². The van der Waals surface area contributed by atoms with Crippen LogP contribution in [0.3, 0.4) is 0 Å². The third kappa shape index (κ3) is 3.51. The van der Waals surface area contributed by atoms with Crippen LogP contribution in [0.2, 0.25) is 0 Å². The quantitative estimate of drug-likeness (QED) is 0.656. The molecule has 0 bridgehead atoms. The Bertz CT molecular complexity index is 1190. The molecule has 0 unspecified atom stereocenters. The number of hydrogen-bond acceptors (Lipinski definition) is 5. The van der Waals surface area contributed by atoms with E-state index in [0.29, 0.717) is 18.1 Å². The highest BCUT2D eigenvalue weighted by molar-refractivity contribution is 5.99. The summed E-state index contributed by atoms with van der Waals surface area (Å²) < 4.78 is 5.70. The summed E-state index contributed by atoms with van der Waals surface area (Å²) in [5.41, 5.74) is 11.7. The molecular weight excluding hydrogens is 400 g/mol. The molecule has 2 aliphatic rings. The Kier molecular flexibility index (Phi) is 5.12. The van der Waals surface area contributed by atoms with Gasteiger partial charge in [-0.1, -0.05) is 54.6 Å². The number of amides is 1. The van der Waals surface area contributed by atoms with Crippen LogP contribution in [0.25, 0.3) is 22.4 Å². The lowest BCUT2D eigenvalue weighted by molar-refractivity contribution is -0.121. The van der Waals surface area contributed by atoms with Gasteiger partial charge in [-0.25, -0.2) is 4.98 Å². The van der Waals surface area contributed by atoms with E-state index < -0.39 is 0 Å². The van der Waals surface area contributed by atoms with Crippen molar-refractivity contribution in [1.29, 1.82) is 5.26 Å². The van der Waals surface area contributed by atoms with Crippen molar-refractivity contribution in [1.82, 2.24) is 4.98 Å². The number of hydrogen-bond donors (Lipinski definition) is 1. The van der Waals surface area contributed by atoms with Crippen molar-refractivity contribution in [2.24, 2.45) is 5.73 Å². The number of ether oxygens (including phenoxy) is 1. The zero-order chi connectivity index (χ0) is 22.1. The first-order chi connectivity index (χ1) is 15.6. The van der Waals surface area contributed by atoms with Crippen LogP contribution in [0.5, 0.6) is 5.88 Å². The zero-order valence-corrected chi connectivity index (χ0v) is 17.8. The van der Waals surface area contributed by atoms with Crippen LogP contribution in [-0.2, 0) is 10.3 Å². The minimum Gasteiger partial charge on any atom is -0.466 e. The standard InChI is InChI=1S/C26H24N4O2/c27-14-5-15-30-22-16-21(18-6-2-1-3-7-18)24(29-25(22)32-17-23(30)31)19-8-10-20(11-9-19)26(28)12-4-13-26/h1-3,6-11,16H,4-5,12-13,15,17,28H2. The number of anilines is 1. The van der Waals surface area contributed by atoms with Gasteiger partial charge in [-0.05, 0) is 36.5 Å². The maximum Gasteiger partial charge on any atom is 0.265 e. The molecule has 32 heavy (non-hydrogen) atoms. The number of rotatable bonds is 5. The summed E-state index contributed by atoms with van der Waals surface area (Å²) in [5, 5.41) is 9.01. The van der Waals surface area contributed by atoms with Crippen molar-refractivity contribution in [3.8, 4) is 34.3 Å². The summed E-state index contributed by atoms with van der Waals surface area (Å²) in [6.45, 7) is 0.235. The van der Waals surface area contributed by atoms with E-state index in [1.54, 1.807) is 4.90 Å². The number of nitrogens with two attached hydrogens (primary N) is 1. The number of benzene rings is 2. The third-order valence-corrected chi connectivity index (χ3v) is 6.40. The molecular formula is C26H24N4O2. The number of carbonyl (C=O) groups excluding carboxylic acids is 1. The van der Waals surface area contributed by atoms with E-state index in [2.05, 4.69) is 30.3 Å². The molecule has 0 saturated heterocycles. The van der Waals surface area contributed by atoms with Gasteiger partial charge in [0.15, 0.2) is 6.61 Å². The molecule has 2 N–H and O–H groups in total. The molecule has 1 aromatic heterocycles. The van der Waals surface area contributed by atoms with E-state index in [1.807, 2.05) is 36.4 Å². The van der Waals surface area contributed by atoms with E-state index >= 15 is 0 Å². The number of pyridine rings is 1.